The predicted octanol–water partition coefficient (Wildman–Crippen LogP) is 3.06. The lowest BCUT2D eigenvalue weighted by molar-refractivity contribution is 0.167. The molecule has 0 aromatic carbocycles. The molecule has 0 aromatic rings. The van der Waals surface area contributed by atoms with Gasteiger partial charge in [0.2, 0.25) is 0 Å². The SMILES string of the molecule is CC/C=C/C=C\CC(O)CCC. The normalized spacial score (nSPS) is 14.6. The van der Waals surface area contributed by atoms with E-state index >= 15 is 0 Å². The van der Waals surface area contributed by atoms with Gasteiger partial charge in [-0.3, -0.25) is 0 Å². The Morgan fingerprint density at radius 1 is 1.17 bits per heavy atom. The van der Waals surface area contributed by atoms with Gasteiger partial charge in [-0.2, -0.15) is 0 Å². The molecule has 0 radical (unpaired) electrons. The molecule has 0 aromatic heterocycles. The summed E-state index contributed by atoms with van der Waals surface area (Å²) >= 11 is 0. The fraction of sp³-hybridized carbons (Fsp3) is 0.636. The Labute approximate surface area is 75.8 Å². The first-order valence-corrected chi connectivity index (χ1v) is 4.81. The molecule has 0 aliphatic rings. The zero-order valence-electron chi connectivity index (χ0n) is 8.16. The van der Waals surface area contributed by atoms with E-state index in [9.17, 15) is 5.11 Å². The summed E-state index contributed by atoms with van der Waals surface area (Å²) < 4.78 is 0. The average Bonchev–Trinajstić information content (AvgIpc) is 2.05. The van der Waals surface area contributed by atoms with Crippen LogP contribution in [0.25, 0.3) is 0 Å². The summed E-state index contributed by atoms with van der Waals surface area (Å²) in [6.07, 6.45) is 11.8. The van der Waals surface area contributed by atoms with Crippen molar-refractivity contribution in [3.63, 3.8) is 0 Å². The molecule has 1 unspecified atom stereocenters. The standard InChI is InChI=1S/C11H20O/c1-3-5-6-7-8-10-11(12)9-4-2/h5-8,11-12H,3-4,9-10H2,1-2H3/b6-5+,8-7-. The Morgan fingerprint density at radius 2 is 1.83 bits per heavy atom. The first-order chi connectivity index (χ1) is 5.81. The Morgan fingerprint density at radius 3 is 2.42 bits per heavy atom. The van der Waals surface area contributed by atoms with E-state index in [0.29, 0.717) is 0 Å². The maximum absolute atomic E-state index is 9.33. The molecule has 12 heavy (non-hydrogen) atoms. The van der Waals surface area contributed by atoms with Crippen LogP contribution < -0.4 is 0 Å². The van der Waals surface area contributed by atoms with Crippen LogP contribution in [-0.4, -0.2) is 11.2 Å². The maximum atomic E-state index is 9.33. The molecule has 0 fully saturated rings. The van der Waals surface area contributed by atoms with Crippen molar-refractivity contribution >= 4 is 0 Å². The second kappa shape index (κ2) is 8.54. The molecule has 0 aliphatic heterocycles. The van der Waals surface area contributed by atoms with Gasteiger partial charge in [-0.15, -0.1) is 0 Å². The molecule has 0 bridgehead atoms. The van der Waals surface area contributed by atoms with Crippen LogP contribution in [0.5, 0.6) is 0 Å². The third-order valence-corrected chi connectivity index (χ3v) is 1.65. The van der Waals surface area contributed by atoms with Gasteiger partial charge in [0, 0.05) is 0 Å². The van der Waals surface area contributed by atoms with Crippen LogP contribution in [0.2, 0.25) is 0 Å². The first kappa shape index (κ1) is 11.4. The van der Waals surface area contributed by atoms with Crippen LogP contribution in [0, 0.1) is 0 Å². The molecule has 1 N–H and O–H groups in total. The molecule has 0 rings (SSSR count). The second-order valence-electron chi connectivity index (χ2n) is 2.94. The Bertz CT molecular complexity index is 136. The van der Waals surface area contributed by atoms with Crippen LogP contribution in [0.4, 0.5) is 0 Å². The summed E-state index contributed by atoms with van der Waals surface area (Å²) in [4.78, 5) is 0. The quantitative estimate of drug-likeness (QED) is 0.604. The summed E-state index contributed by atoms with van der Waals surface area (Å²) in [6, 6.07) is 0. The predicted molar refractivity (Wildman–Crippen MR) is 54.1 cm³/mol. The lowest BCUT2D eigenvalue weighted by Gasteiger charge is -2.03. The minimum absolute atomic E-state index is 0.152. The van der Waals surface area contributed by atoms with Crippen LogP contribution in [0.1, 0.15) is 39.5 Å². The molecule has 70 valence electrons. The Hall–Kier alpha value is -0.560. The molecule has 1 atom stereocenters. The summed E-state index contributed by atoms with van der Waals surface area (Å²) in [7, 11) is 0. The van der Waals surface area contributed by atoms with Gasteiger partial charge in [0.15, 0.2) is 0 Å². The van der Waals surface area contributed by atoms with E-state index in [1.165, 1.54) is 0 Å². The van der Waals surface area contributed by atoms with Crippen molar-refractivity contribution in [2.45, 2.75) is 45.6 Å². The largest absolute Gasteiger partial charge is 0.393 e. The summed E-state index contributed by atoms with van der Waals surface area (Å²) in [5.74, 6) is 0. The molecular weight excluding hydrogens is 148 g/mol. The number of allylic oxidation sites excluding steroid dienone is 3. The Balaban J connectivity index is 3.39. The smallest absolute Gasteiger partial charge is 0.0574 e. The molecule has 0 heterocycles. The molecule has 1 nitrogen and oxygen atoms in total. The minimum Gasteiger partial charge on any atom is -0.393 e. The van der Waals surface area contributed by atoms with E-state index in [1.54, 1.807) is 0 Å². The van der Waals surface area contributed by atoms with Gasteiger partial charge in [-0.1, -0.05) is 44.6 Å². The number of aliphatic hydroxyl groups is 1. The lowest BCUT2D eigenvalue weighted by atomic mass is 10.1. The molecule has 0 saturated carbocycles. The number of aliphatic hydroxyl groups excluding tert-OH is 1. The van der Waals surface area contributed by atoms with Crippen molar-refractivity contribution in [3.8, 4) is 0 Å². The van der Waals surface area contributed by atoms with Crippen LogP contribution in [-0.2, 0) is 0 Å². The van der Waals surface area contributed by atoms with Gasteiger partial charge in [0.05, 0.1) is 6.10 Å². The summed E-state index contributed by atoms with van der Waals surface area (Å²) in [5.41, 5.74) is 0. The van der Waals surface area contributed by atoms with Crippen molar-refractivity contribution in [2.24, 2.45) is 0 Å². The molecule has 1 heteroatoms. The minimum atomic E-state index is -0.152. The van der Waals surface area contributed by atoms with Crippen molar-refractivity contribution in [2.75, 3.05) is 0 Å². The fourth-order valence-corrected chi connectivity index (χ4v) is 0.980. The topological polar surface area (TPSA) is 20.2 Å². The van der Waals surface area contributed by atoms with Gasteiger partial charge < -0.3 is 5.11 Å². The zero-order chi connectivity index (χ0) is 9.23. The highest BCUT2D eigenvalue weighted by Gasteiger charge is 1.96. The van der Waals surface area contributed by atoms with Crippen molar-refractivity contribution < 1.29 is 5.11 Å². The number of hydrogen-bond acceptors (Lipinski definition) is 1. The highest BCUT2D eigenvalue weighted by atomic mass is 16.3. The molecule has 0 saturated heterocycles. The van der Waals surface area contributed by atoms with Crippen LogP contribution in [0.3, 0.4) is 0 Å². The summed E-state index contributed by atoms with van der Waals surface area (Å²) in [5, 5.41) is 9.33. The number of hydrogen-bond donors (Lipinski definition) is 1. The van der Waals surface area contributed by atoms with Crippen molar-refractivity contribution in [1.29, 1.82) is 0 Å². The van der Waals surface area contributed by atoms with E-state index in [2.05, 4.69) is 19.9 Å². The van der Waals surface area contributed by atoms with Crippen molar-refractivity contribution in [3.05, 3.63) is 24.3 Å². The van der Waals surface area contributed by atoms with Crippen LogP contribution in [0.15, 0.2) is 24.3 Å². The van der Waals surface area contributed by atoms with Gasteiger partial charge >= 0.3 is 0 Å². The van der Waals surface area contributed by atoms with E-state index in [4.69, 9.17) is 0 Å². The zero-order valence-corrected chi connectivity index (χ0v) is 8.16. The van der Waals surface area contributed by atoms with Gasteiger partial charge in [-0.05, 0) is 19.3 Å². The van der Waals surface area contributed by atoms with Gasteiger partial charge in [0.1, 0.15) is 0 Å². The first-order valence-electron chi connectivity index (χ1n) is 4.81. The molecule has 0 aliphatic carbocycles. The van der Waals surface area contributed by atoms with E-state index in [0.717, 1.165) is 25.7 Å². The maximum Gasteiger partial charge on any atom is 0.0574 e. The van der Waals surface area contributed by atoms with Crippen LogP contribution >= 0.6 is 0 Å². The third kappa shape index (κ3) is 7.55. The number of rotatable bonds is 6. The van der Waals surface area contributed by atoms with E-state index < -0.39 is 0 Å². The third-order valence-electron chi connectivity index (χ3n) is 1.65. The monoisotopic (exact) mass is 168 g/mol. The summed E-state index contributed by atoms with van der Waals surface area (Å²) in [6.45, 7) is 4.19. The molecule has 0 amide bonds. The van der Waals surface area contributed by atoms with E-state index in [1.807, 2.05) is 18.2 Å². The lowest BCUT2D eigenvalue weighted by Crippen LogP contribution is -2.02. The van der Waals surface area contributed by atoms with Crippen molar-refractivity contribution in [1.82, 2.24) is 0 Å². The van der Waals surface area contributed by atoms with Gasteiger partial charge in [-0.25, -0.2) is 0 Å². The average molecular weight is 168 g/mol. The highest BCUT2D eigenvalue weighted by molar-refractivity contribution is 5.02. The Kier molecular flexibility index (Phi) is 8.14. The van der Waals surface area contributed by atoms with Gasteiger partial charge in [0.25, 0.3) is 0 Å². The van der Waals surface area contributed by atoms with E-state index in [-0.39, 0.29) is 6.10 Å². The molecule has 0 spiro atoms. The molecular formula is C11H20O. The fourth-order valence-electron chi connectivity index (χ4n) is 0.980. The highest BCUT2D eigenvalue weighted by Crippen LogP contribution is 2.01. The second-order valence-corrected chi connectivity index (χ2v) is 2.94.